The first kappa shape index (κ1) is 23.6. The van der Waals surface area contributed by atoms with E-state index in [4.69, 9.17) is 9.84 Å². The van der Waals surface area contributed by atoms with Crippen LogP contribution in [0.1, 0.15) is 44.2 Å². The number of fused-ring (bicyclic) bond motifs is 1. The topological polar surface area (TPSA) is 90.9 Å². The predicted molar refractivity (Wildman–Crippen MR) is 115 cm³/mol. The molecule has 0 unspecified atom stereocenters. The Morgan fingerprint density at radius 1 is 1.28 bits per heavy atom. The lowest BCUT2D eigenvalue weighted by Gasteiger charge is -2.43. The molecule has 0 aliphatic carbocycles. The molecule has 2 aliphatic heterocycles. The Hall–Kier alpha value is -1.67. The number of nitrogens with one attached hydrogen (secondary N) is 2. The van der Waals surface area contributed by atoms with Crippen molar-refractivity contribution in [2.24, 2.45) is 0 Å². The summed E-state index contributed by atoms with van der Waals surface area (Å²) < 4.78 is 5.71. The van der Waals surface area contributed by atoms with Crippen molar-refractivity contribution < 1.29 is 19.4 Å². The Morgan fingerprint density at radius 2 is 2.00 bits per heavy atom. The zero-order valence-electron chi connectivity index (χ0n) is 17.2. The highest BCUT2D eigenvalue weighted by Gasteiger charge is 2.32. The number of hydrogen-bond donors (Lipinski definition) is 3. The van der Waals surface area contributed by atoms with Gasteiger partial charge in [-0.25, -0.2) is 0 Å². The normalized spacial score (nSPS) is 19.1. The van der Waals surface area contributed by atoms with E-state index in [0.717, 1.165) is 43.6 Å². The van der Waals surface area contributed by atoms with Crippen LogP contribution < -0.4 is 10.6 Å². The van der Waals surface area contributed by atoms with Crippen molar-refractivity contribution in [3.05, 3.63) is 29.3 Å². The van der Waals surface area contributed by atoms with Gasteiger partial charge >= 0.3 is 5.97 Å². The van der Waals surface area contributed by atoms with Crippen LogP contribution in [-0.4, -0.2) is 59.8 Å². The van der Waals surface area contributed by atoms with Gasteiger partial charge in [0.25, 0.3) is 0 Å². The van der Waals surface area contributed by atoms with Crippen molar-refractivity contribution in [1.29, 1.82) is 0 Å². The van der Waals surface area contributed by atoms with Gasteiger partial charge in [-0.2, -0.15) is 0 Å². The number of carbonyl (C=O) groups excluding carboxylic acids is 1. The van der Waals surface area contributed by atoms with Gasteiger partial charge in [-0.1, -0.05) is 6.07 Å². The minimum Gasteiger partial charge on any atom is -0.481 e. The minimum atomic E-state index is -0.781. The van der Waals surface area contributed by atoms with Gasteiger partial charge in [-0.05, 0) is 69.5 Å². The van der Waals surface area contributed by atoms with Crippen molar-refractivity contribution in [3.8, 4) is 0 Å². The molecular weight excluding hydrogens is 394 g/mol. The van der Waals surface area contributed by atoms with E-state index in [2.05, 4.69) is 35.4 Å². The summed E-state index contributed by atoms with van der Waals surface area (Å²) in [6, 6.07) is 6.00. The Balaban J connectivity index is 0.00000300. The molecule has 3 N–H and O–H groups in total. The summed E-state index contributed by atoms with van der Waals surface area (Å²) in [6.07, 6.45) is 3.01. The van der Waals surface area contributed by atoms with Crippen molar-refractivity contribution in [2.75, 3.05) is 31.6 Å². The van der Waals surface area contributed by atoms with Crippen LogP contribution in [0.2, 0.25) is 0 Å². The number of anilines is 1. The van der Waals surface area contributed by atoms with Gasteiger partial charge in [0.2, 0.25) is 5.91 Å². The Bertz CT molecular complexity index is 720. The standard InChI is InChI=1S/C21H31N3O4.ClH/c1-21(2)12-15-3-4-17(11-16(15)13-24(21)10-7-20(26)27)23-19(25)14-28-18-5-8-22-9-6-18;/h3-4,11,18,22H,5-10,12-14H2,1-2H3,(H,23,25)(H,26,27);1H. The molecule has 29 heavy (non-hydrogen) atoms. The van der Waals surface area contributed by atoms with E-state index in [1.54, 1.807) is 0 Å². The molecule has 2 heterocycles. The second kappa shape index (κ2) is 10.4. The molecule has 1 aromatic carbocycles. The van der Waals surface area contributed by atoms with E-state index in [-0.39, 0.29) is 43.0 Å². The average Bonchev–Trinajstić information content (AvgIpc) is 2.65. The van der Waals surface area contributed by atoms with E-state index in [0.29, 0.717) is 13.1 Å². The Morgan fingerprint density at radius 3 is 2.69 bits per heavy atom. The summed E-state index contributed by atoms with van der Waals surface area (Å²) in [6.45, 7) is 7.43. The highest BCUT2D eigenvalue weighted by Crippen LogP contribution is 2.32. The van der Waals surface area contributed by atoms with Gasteiger partial charge in [-0.3, -0.25) is 14.5 Å². The molecule has 8 heteroatoms. The molecule has 1 aromatic rings. The maximum atomic E-state index is 12.2. The molecule has 2 aliphatic rings. The zero-order valence-corrected chi connectivity index (χ0v) is 18.0. The van der Waals surface area contributed by atoms with E-state index in [1.807, 2.05) is 12.1 Å². The van der Waals surface area contributed by atoms with Gasteiger partial charge in [-0.15, -0.1) is 12.4 Å². The van der Waals surface area contributed by atoms with Gasteiger partial charge in [0.1, 0.15) is 6.61 Å². The summed E-state index contributed by atoms with van der Waals surface area (Å²) >= 11 is 0. The van der Waals surface area contributed by atoms with Crippen LogP contribution in [0.4, 0.5) is 5.69 Å². The summed E-state index contributed by atoms with van der Waals surface area (Å²) in [7, 11) is 0. The van der Waals surface area contributed by atoms with Crippen LogP contribution in [0.15, 0.2) is 18.2 Å². The molecule has 1 amide bonds. The van der Waals surface area contributed by atoms with Crippen molar-refractivity contribution in [3.63, 3.8) is 0 Å². The van der Waals surface area contributed by atoms with E-state index in [9.17, 15) is 9.59 Å². The molecule has 1 fully saturated rings. The monoisotopic (exact) mass is 425 g/mol. The largest absolute Gasteiger partial charge is 0.481 e. The number of ether oxygens (including phenoxy) is 1. The van der Waals surface area contributed by atoms with Crippen LogP contribution in [0.5, 0.6) is 0 Å². The van der Waals surface area contributed by atoms with Crippen molar-refractivity contribution in [1.82, 2.24) is 10.2 Å². The van der Waals surface area contributed by atoms with Crippen LogP contribution >= 0.6 is 12.4 Å². The number of hydrogen-bond acceptors (Lipinski definition) is 5. The first-order valence-corrected chi connectivity index (χ1v) is 10.0. The molecule has 0 atom stereocenters. The third-order valence-electron chi connectivity index (χ3n) is 5.66. The van der Waals surface area contributed by atoms with E-state index < -0.39 is 5.97 Å². The number of piperidine rings is 1. The third kappa shape index (κ3) is 6.67. The number of carboxylic acids is 1. The number of carbonyl (C=O) groups is 2. The second-order valence-corrected chi connectivity index (χ2v) is 8.35. The third-order valence-corrected chi connectivity index (χ3v) is 5.66. The van der Waals surface area contributed by atoms with Crippen LogP contribution in [-0.2, 0) is 27.3 Å². The molecule has 0 spiro atoms. The fraction of sp³-hybridized carbons (Fsp3) is 0.619. The number of rotatable bonds is 7. The van der Waals surface area contributed by atoms with Crippen LogP contribution in [0.25, 0.3) is 0 Å². The number of benzene rings is 1. The second-order valence-electron chi connectivity index (χ2n) is 8.35. The summed E-state index contributed by atoms with van der Waals surface area (Å²) in [5.74, 6) is -0.922. The molecule has 0 bridgehead atoms. The van der Waals surface area contributed by atoms with Gasteiger partial charge in [0, 0.05) is 24.3 Å². The quantitative estimate of drug-likeness (QED) is 0.621. The molecule has 0 radical (unpaired) electrons. The fourth-order valence-electron chi connectivity index (χ4n) is 3.99. The predicted octanol–water partition coefficient (Wildman–Crippen LogP) is 2.43. The smallest absolute Gasteiger partial charge is 0.304 e. The molecule has 7 nitrogen and oxygen atoms in total. The number of halogens is 1. The lowest BCUT2D eigenvalue weighted by atomic mass is 9.85. The van der Waals surface area contributed by atoms with E-state index >= 15 is 0 Å². The highest BCUT2D eigenvalue weighted by molar-refractivity contribution is 5.91. The molecule has 0 aromatic heterocycles. The van der Waals surface area contributed by atoms with Gasteiger partial charge in [0.15, 0.2) is 0 Å². The Kier molecular flexibility index (Phi) is 8.46. The fourth-order valence-corrected chi connectivity index (χ4v) is 3.99. The van der Waals surface area contributed by atoms with Crippen LogP contribution in [0, 0.1) is 0 Å². The maximum Gasteiger partial charge on any atom is 0.304 e. The zero-order chi connectivity index (χ0) is 20.1. The molecule has 162 valence electrons. The molecule has 0 saturated carbocycles. The Labute approximate surface area is 178 Å². The van der Waals surface area contributed by atoms with Crippen molar-refractivity contribution in [2.45, 2.75) is 57.7 Å². The lowest BCUT2D eigenvalue weighted by Crippen LogP contribution is -2.49. The number of aliphatic carboxylic acids is 1. The van der Waals surface area contributed by atoms with Gasteiger partial charge in [0.05, 0.1) is 12.5 Å². The summed E-state index contributed by atoms with van der Waals surface area (Å²) in [5, 5.41) is 15.2. The van der Waals surface area contributed by atoms with Crippen LogP contribution in [0.3, 0.4) is 0 Å². The van der Waals surface area contributed by atoms with Crippen molar-refractivity contribution >= 4 is 30.0 Å². The highest BCUT2D eigenvalue weighted by atomic mass is 35.5. The molecular formula is C21H32ClN3O4. The molecule has 3 rings (SSSR count). The lowest BCUT2D eigenvalue weighted by molar-refractivity contribution is -0.137. The summed E-state index contributed by atoms with van der Waals surface area (Å²) in [5.41, 5.74) is 3.06. The summed E-state index contributed by atoms with van der Waals surface area (Å²) in [4.78, 5) is 25.4. The SMILES string of the molecule is CC1(C)Cc2ccc(NC(=O)COC3CCNCC3)cc2CN1CCC(=O)O.Cl. The molecule has 1 saturated heterocycles. The first-order valence-electron chi connectivity index (χ1n) is 10.0. The van der Waals surface area contributed by atoms with E-state index in [1.165, 1.54) is 5.56 Å². The maximum absolute atomic E-state index is 12.2. The number of carboxylic acid groups (broad SMARTS) is 1. The average molecular weight is 426 g/mol. The number of amides is 1. The number of nitrogens with zero attached hydrogens (tertiary/aromatic N) is 1. The first-order chi connectivity index (χ1) is 13.3. The minimum absolute atomic E-state index is 0. The van der Waals surface area contributed by atoms with Gasteiger partial charge < -0.3 is 20.5 Å².